The van der Waals surface area contributed by atoms with Crippen LogP contribution in [0.15, 0.2) is 18.3 Å². The number of hydrogen-bond donors (Lipinski definition) is 1. The number of amides is 1. The van der Waals surface area contributed by atoms with Gasteiger partial charge in [0, 0.05) is 12.7 Å². The smallest absolute Gasteiger partial charge is 0.240 e. The van der Waals surface area contributed by atoms with Crippen LogP contribution in [-0.4, -0.2) is 35.4 Å². The summed E-state index contributed by atoms with van der Waals surface area (Å²) in [6.07, 6.45) is 2.67. The predicted octanol–water partition coefficient (Wildman–Crippen LogP) is 0.710. The lowest BCUT2D eigenvalue weighted by molar-refractivity contribution is -0.129. The highest BCUT2D eigenvalue weighted by atomic mass is 16.2. The third-order valence-corrected chi connectivity index (χ3v) is 3.10. The molecule has 1 unspecified atom stereocenters. The molecule has 1 fully saturated rings. The number of nitrogens with one attached hydrogen (secondary N) is 1. The Morgan fingerprint density at radius 1 is 1.62 bits per heavy atom. The van der Waals surface area contributed by atoms with Crippen LogP contribution in [0.5, 0.6) is 0 Å². The van der Waals surface area contributed by atoms with Gasteiger partial charge in [-0.05, 0) is 32.0 Å². The van der Waals surface area contributed by atoms with E-state index >= 15 is 0 Å². The topological polar surface area (TPSA) is 45.2 Å². The highest BCUT2D eigenvalue weighted by molar-refractivity contribution is 5.83. The normalized spacial score (nSPS) is 20.5. The Morgan fingerprint density at radius 3 is 3.06 bits per heavy atom. The summed E-state index contributed by atoms with van der Waals surface area (Å²) in [5, 5.41) is 3.03. The van der Waals surface area contributed by atoms with Gasteiger partial charge in [-0.3, -0.25) is 9.78 Å². The minimum Gasteiger partial charge on any atom is -0.335 e. The summed E-state index contributed by atoms with van der Waals surface area (Å²) < 4.78 is 0. The van der Waals surface area contributed by atoms with Gasteiger partial charge in [-0.25, -0.2) is 0 Å². The fourth-order valence-electron chi connectivity index (χ4n) is 2.03. The van der Waals surface area contributed by atoms with Crippen molar-refractivity contribution in [1.82, 2.24) is 15.2 Å². The van der Waals surface area contributed by atoms with Gasteiger partial charge >= 0.3 is 0 Å². The second-order valence-electron chi connectivity index (χ2n) is 4.16. The van der Waals surface area contributed by atoms with E-state index < -0.39 is 0 Å². The van der Waals surface area contributed by atoms with E-state index in [2.05, 4.69) is 10.3 Å². The van der Waals surface area contributed by atoms with Gasteiger partial charge in [0.15, 0.2) is 0 Å². The molecular weight excluding hydrogens is 202 g/mol. The van der Waals surface area contributed by atoms with Gasteiger partial charge in [-0.2, -0.15) is 0 Å². The Balaban J connectivity index is 2.07. The monoisotopic (exact) mass is 219 g/mol. The lowest BCUT2D eigenvalue weighted by Gasteiger charge is -2.17. The average molecular weight is 219 g/mol. The summed E-state index contributed by atoms with van der Waals surface area (Å²) in [6.45, 7) is 3.47. The van der Waals surface area contributed by atoms with E-state index in [4.69, 9.17) is 0 Å². The Morgan fingerprint density at radius 2 is 2.44 bits per heavy atom. The van der Waals surface area contributed by atoms with Crippen molar-refractivity contribution in [3.63, 3.8) is 0 Å². The molecule has 1 amide bonds. The van der Waals surface area contributed by atoms with Crippen LogP contribution in [0.3, 0.4) is 0 Å². The third-order valence-electron chi connectivity index (χ3n) is 3.10. The minimum atomic E-state index is -0.0102. The molecule has 2 rings (SSSR count). The number of rotatable bonds is 3. The first-order valence-electron chi connectivity index (χ1n) is 5.59. The molecule has 0 saturated carbocycles. The molecule has 1 aliphatic heterocycles. The van der Waals surface area contributed by atoms with Crippen LogP contribution >= 0.6 is 0 Å². The molecule has 1 saturated heterocycles. The van der Waals surface area contributed by atoms with E-state index in [1.165, 1.54) is 0 Å². The Bertz CT molecular complexity index is 392. The van der Waals surface area contributed by atoms with Crippen molar-refractivity contribution in [3.8, 4) is 0 Å². The Hall–Kier alpha value is -1.42. The Kier molecular flexibility index (Phi) is 3.19. The lowest BCUT2D eigenvalue weighted by Crippen LogP contribution is -2.36. The van der Waals surface area contributed by atoms with Crippen LogP contribution < -0.4 is 5.32 Å². The molecule has 0 aliphatic carbocycles. The molecule has 0 aromatic carbocycles. The van der Waals surface area contributed by atoms with Gasteiger partial charge in [0.05, 0.1) is 18.3 Å². The summed E-state index contributed by atoms with van der Waals surface area (Å²) in [5.74, 6) is 0.188. The first kappa shape index (κ1) is 11.1. The van der Waals surface area contributed by atoms with Gasteiger partial charge in [0.1, 0.15) is 0 Å². The summed E-state index contributed by atoms with van der Waals surface area (Å²) in [4.78, 5) is 18.1. The summed E-state index contributed by atoms with van der Waals surface area (Å²) in [6, 6.07) is 3.93. The van der Waals surface area contributed by atoms with E-state index in [1.807, 2.05) is 31.0 Å². The molecule has 86 valence electrons. The molecule has 1 atom stereocenters. The van der Waals surface area contributed by atoms with Gasteiger partial charge < -0.3 is 10.2 Å². The molecular formula is C12H17N3O. The number of aryl methyl sites for hydroxylation is 1. The zero-order chi connectivity index (χ0) is 11.5. The lowest BCUT2D eigenvalue weighted by atomic mass is 10.2. The number of pyridine rings is 1. The fraction of sp³-hybridized carbons (Fsp3) is 0.500. The maximum absolute atomic E-state index is 11.9. The van der Waals surface area contributed by atoms with Crippen molar-refractivity contribution in [2.75, 3.05) is 13.6 Å². The van der Waals surface area contributed by atoms with Crippen LogP contribution in [0.25, 0.3) is 0 Å². The molecule has 4 nitrogen and oxygen atoms in total. The fourth-order valence-corrected chi connectivity index (χ4v) is 2.03. The number of aromatic nitrogens is 1. The van der Waals surface area contributed by atoms with Crippen molar-refractivity contribution in [1.29, 1.82) is 0 Å². The SMILES string of the molecule is CNC1CCN(Cc2ncccc2C)C1=O. The number of carbonyl (C=O) groups is 1. The first-order valence-corrected chi connectivity index (χ1v) is 5.59. The summed E-state index contributed by atoms with van der Waals surface area (Å²) in [5.41, 5.74) is 2.14. The minimum absolute atomic E-state index is 0.0102. The van der Waals surface area contributed by atoms with Gasteiger partial charge in [-0.15, -0.1) is 0 Å². The molecule has 2 heterocycles. The van der Waals surface area contributed by atoms with E-state index in [1.54, 1.807) is 6.20 Å². The molecule has 0 spiro atoms. The average Bonchev–Trinajstić information content (AvgIpc) is 2.63. The van der Waals surface area contributed by atoms with Gasteiger partial charge in [0.2, 0.25) is 5.91 Å². The molecule has 1 aromatic heterocycles. The molecule has 1 N–H and O–H groups in total. The first-order chi connectivity index (χ1) is 7.72. The van der Waals surface area contributed by atoms with Crippen LogP contribution in [0, 0.1) is 6.92 Å². The summed E-state index contributed by atoms with van der Waals surface area (Å²) >= 11 is 0. The largest absolute Gasteiger partial charge is 0.335 e. The van der Waals surface area contributed by atoms with Crippen molar-refractivity contribution in [3.05, 3.63) is 29.6 Å². The molecule has 0 bridgehead atoms. The number of nitrogens with zero attached hydrogens (tertiary/aromatic N) is 2. The maximum atomic E-state index is 11.9. The zero-order valence-electron chi connectivity index (χ0n) is 9.73. The number of likely N-dealkylation sites (N-methyl/N-ethyl adjacent to an activating group) is 1. The quantitative estimate of drug-likeness (QED) is 0.814. The number of likely N-dealkylation sites (tertiary alicyclic amines) is 1. The van der Waals surface area contributed by atoms with Crippen LogP contribution in [0.1, 0.15) is 17.7 Å². The predicted molar refractivity (Wildman–Crippen MR) is 61.9 cm³/mol. The van der Waals surface area contributed by atoms with Crippen LogP contribution in [0.2, 0.25) is 0 Å². The van der Waals surface area contributed by atoms with Crippen molar-refractivity contribution in [2.24, 2.45) is 0 Å². The van der Waals surface area contributed by atoms with Gasteiger partial charge in [-0.1, -0.05) is 6.07 Å². The Labute approximate surface area is 95.7 Å². The van der Waals surface area contributed by atoms with Crippen LogP contribution in [0.4, 0.5) is 0 Å². The highest BCUT2D eigenvalue weighted by Crippen LogP contribution is 2.15. The van der Waals surface area contributed by atoms with Crippen molar-refractivity contribution < 1.29 is 4.79 Å². The third kappa shape index (κ3) is 2.07. The van der Waals surface area contributed by atoms with Crippen LogP contribution in [-0.2, 0) is 11.3 Å². The number of carbonyl (C=O) groups excluding carboxylic acids is 1. The van der Waals surface area contributed by atoms with E-state index in [0.29, 0.717) is 6.54 Å². The highest BCUT2D eigenvalue weighted by Gasteiger charge is 2.30. The van der Waals surface area contributed by atoms with E-state index in [-0.39, 0.29) is 11.9 Å². The second kappa shape index (κ2) is 4.61. The molecule has 1 aliphatic rings. The summed E-state index contributed by atoms with van der Waals surface area (Å²) in [7, 11) is 1.83. The standard InChI is InChI=1S/C12H17N3O/c1-9-4-3-6-14-11(9)8-15-7-5-10(13-2)12(15)16/h3-4,6,10,13H,5,7-8H2,1-2H3. The zero-order valence-corrected chi connectivity index (χ0v) is 9.73. The molecule has 4 heteroatoms. The molecule has 16 heavy (non-hydrogen) atoms. The van der Waals surface area contributed by atoms with E-state index in [0.717, 1.165) is 24.2 Å². The maximum Gasteiger partial charge on any atom is 0.240 e. The number of hydrogen-bond acceptors (Lipinski definition) is 3. The van der Waals surface area contributed by atoms with Crippen molar-refractivity contribution in [2.45, 2.75) is 25.9 Å². The molecule has 0 radical (unpaired) electrons. The second-order valence-corrected chi connectivity index (χ2v) is 4.16. The van der Waals surface area contributed by atoms with Gasteiger partial charge in [0.25, 0.3) is 0 Å². The molecule has 1 aromatic rings. The van der Waals surface area contributed by atoms with E-state index in [9.17, 15) is 4.79 Å². The van der Waals surface area contributed by atoms with Crippen molar-refractivity contribution >= 4 is 5.91 Å².